The third-order valence-corrected chi connectivity index (χ3v) is 2.45. The zero-order chi connectivity index (χ0) is 16.8. The molecule has 1 unspecified atom stereocenters. The van der Waals surface area contributed by atoms with Crippen molar-refractivity contribution in [2.45, 2.75) is 84.1 Å². The Morgan fingerprint density at radius 1 is 0.810 bits per heavy atom. The van der Waals surface area contributed by atoms with Gasteiger partial charge in [0.2, 0.25) is 0 Å². The van der Waals surface area contributed by atoms with Crippen molar-refractivity contribution in [3.63, 3.8) is 0 Å². The fraction of sp³-hybridized carbons (Fsp3) is 0.867. The van der Waals surface area contributed by atoms with E-state index in [4.69, 9.17) is 20.9 Å². The quantitative estimate of drug-likeness (QED) is 0.720. The van der Waals surface area contributed by atoms with Crippen molar-refractivity contribution in [1.29, 1.82) is 0 Å². The lowest BCUT2D eigenvalue weighted by Crippen LogP contribution is -2.39. The molecule has 0 spiro atoms. The first-order chi connectivity index (χ1) is 9.32. The summed E-state index contributed by atoms with van der Waals surface area (Å²) >= 11 is 0. The van der Waals surface area contributed by atoms with E-state index in [2.05, 4.69) is 0 Å². The molecule has 0 saturated heterocycles. The minimum Gasteiger partial charge on any atom is -0.459 e. The SMILES string of the molecule is CC(C)(C)OC(=O)C(N)CCC[C@H](N)C(=O)OC(C)(C)C. The van der Waals surface area contributed by atoms with Gasteiger partial charge in [0, 0.05) is 0 Å². The summed E-state index contributed by atoms with van der Waals surface area (Å²) in [5.74, 6) is -0.873. The zero-order valence-corrected chi connectivity index (χ0v) is 14.1. The first-order valence-electron chi connectivity index (χ1n) is 7.29. The minimum atomic E-state index is -0.699. The van der Waals surface area contributed by atoms with Crippen molar-refractivity contribution < 1.29 is 19.1 Å². The number of esters is 2. The summed E-state index contributed by atoms with van der Waals surface area (Å²) in [5, 5.41) is 0. The third-order valence-electron chi connectivity index (χ3n) is 2.45. The molecule has 0 rings (SSSR count). The lowest BCUT2D eigenvalue weighted by Gasteiger charge is -2.23. The number of hydrogen-bond donors (Lipinski definition) is 2. The van der Waals surface area contributed by atoms with Crippen LogP contribution in [0.5, 0.6) is 0 Å². The molecule has 0 bridgehead atoms. The Morgan fingerprint density at radius 3 is 1.33 bits per heavy atom. The smallest absolute Gasteiger partial charge is 0.323 e. The van der Waals surface area contributed by atoms with Crippen molar-refractivity contribution in [1.82, 2.24) is 0 Å². The molecule has 6 heteroatoms. The molecule has 0 aromatic heterocycles. The number of hydrogen-bond acceptors (Lipinski definition) is 6. The number of carbonyl (C=O) groups is 2. The average molecular weight is 302 g/mol. The number of rotatable bonds is 6. The van der Waals surface area contributed by atoms with Crippen LogP contribution in [-0.2, 0) is 19.1 Å². The first kappa shape index (κ1) is 19.9. The predicted molar refractivity (Wildman–Crippen MR) is 81.5 cm³/mol. The molecule has 0 aliphatic heterocycles. The summed E-state index contributed by atoms with van der Waals surface area (Å²) in [6, 6.07) is -1.40. The molecule has 0 aromatic carbocycles. The van der Waals surface area contributed by atoms with Gasteiger partial charge in [0.15, 0.2) is 0 Å². The van der Waals surface area contributed by atoms with E-state index >= 15 is 0 Å². The van der Waals surface area contributed by atoms with Crippen LogP contribution < -0.4 is 11.5 Å². The Balaban J connectivity index is 4.08. The van der Waals surface area contributed by atoms with E-state index in [0.717, 1.165) is 0 Å². The van der Waals surface area contributed by atoms with Crippen molar-refractivity contribution in [3.05, 3.63) is 0 Å². The molecule has 0 aromatic rings. The highest BCUT2D eigenvalue weighted by atomic mass is 16.6. The zero-order valence-electron chi connectivity index (χ0n) is 14.1. The molecule has 0 amide bonds. The molecule has 4 N–H and O–H groups in total. The van der Waals surface area contributed by atoms with Gasteiger partial charge in [0.1, 0.15) is 23.3 Å². The van der Waals surface area contributed by atoms with E-state index in [-0.39, 0.29) is 0 Å². The molecule has 0 aliphatic rings. The highest BCUT2D eigenvalue weighted by Crippen LogP contribution is 2.12. The van der Waals surface area contributed by atoms with E-state index < -0.39 is 35.2 Å². The van der Waals surface area contributed by atoms with Gasteiger partial charge < -0.3 is 20.9 Å². The summed E-state index contributed by atoms with van der Waals surface area (Å²) < 4.78 is 10.4. The van der Waals surface area contributed by atoms with Crippen LogP contribution in [0, 0.1) is 0 Å². The Labute approximate surface area is 127 Å². The second-order valence-electron chi connectivity index (χ2n) is 7.21. The van der Waals surface area contributed by atoms with Crippen LogP contribution in [0.4, 0.5) is 0 Å². The van der Waals surface area contributed by atoms with Gasteiger partial charge >= 0.3 is 11.9 Å². The summed E-state index contributed by atoms with van der Waals surface area (Å²) in [6.07, 6.45) is 1.40. The predicted octanol–water partition coefficient (Wildman–Crippen LogP) is 1.49. The number of carbonyl (C=O) groups excluding carboxylic acids is 2. The van der Waals surface area contributed by atoms with Gasteiger partial charge in [-0.25, -0.2) is 0 Å². The second kappa shape index (κ2) is 7.75. The maximum Gasteiger partial charge on any atom is 0.323 e. The monoisotopic (exact) mass is 302 g/mol. The maximum absolute atomic E-state index is 11.7. The fourth-order valence-electron chi connectivity index (χ4n) is 1.55. The second-order valence-corrected chi connectivity index (χ2v) is 7.21. The summed E-state index contributed by atoms with van der Waals surface area (Å²) in [4.78, 5) is 23.4. The lowest BCUT2D eigenvalue weighted by atomic mass is 10.1. The highest BCUT2D eigenvalue weighted by molar-refractivity contribution is 5.76. The number of nitrogens with two attached hydrogens (primary N) is 2. The largest absolute Gasteiger partial charge is 0.459 e. The molecule has 21 heavy (non-hydrogen) atoms. The molecule has 0 saturated carbocycles. The highest BCUT2D eigenvalue weighted by Gasteiger charge is 2.24. The van der Waals surface area contributed by atoms with Crippen molar-refractivity contribution in [2.75, 3.05) is 0 Å². The van der Waals surface area contributed by atoms with E-state index in [1.807, 2.05) is 0 Å². The average Bonchev–Trinajstić information content (AvgIpc) is 2.23. The van der Waals surface area contributed by atoms with Gasteiger partial charge in [-0.05, 0) is 60.8 Å². The van der Waals surface area contributed by atoms with E-state index in [9.17, 15) is 9.59 Å². The first-order valence-corrected chi connectivity index (χ1v) is 7.29. The lowest BCUT2D eigenvalue weighted by molar-refractivity contribution is -0.157. The van der Waals surface area contributed by atoms with E-state index in [0.29, 0.717) is 19.3 Å². The van der Waals surface area contributed by atoms with Gasteiger partial charge in [-0.15, -0.1) is 0 Å². The van der Waals surface area contributed by atoms with Crippen LogP contribution in [0.1, 0.15) is 60.8 Å². The normalized spacial score (nSPS) is 15.2. The van der Waals surface area contributed by atoms with Gasteiger partial charge in [0.05, 0.1) is 0 Å². The Hall–Kier alpha value is -1.14. The van der Waals surface area contributed by atoms with Crippen LogP contribution in [0.15, 0.2) is 0 Å². The van der Waals surface area contributed by atoms with Crippen LogP contribution in [-0.4, -0.2) is 35.2 Å². The van der Waals surface area contributed by atoms with Gasteiger partial charge in [-0.3, -0.25) is 9.59 Å². The molecule has 6 nitrogen and oxygen atoms in total. The Bertz CT molecular complexity index is 322. The Morgan fingerprint density at radius 2 is 1.10 bits per heavy atom. The van der Waals surface area contributed by atoms with Crippen molar-refractivity contribution >= 4 is 11.9 Å². The van der Waals surface area contributed by atoms with Crippen LogP contribution in [0.3, 0.4) is 0 Å². The third kappa shape index (κ3) is 10.3. The van der Waals surface area contributed by atoms with Crippen molar-refractivity contribution in [2.24, 2.45) is 11.5 Å². The van der Waals surface area contributed by atoms with Crippen LogP contribution in [0.2, 0.25) is 0 Å². The molecular formula is C15H30N2O4. The standard InChI is InChI=1S/C15H30N2O4/c1-14(2,3)20-12(18)10(16)8-7-9-11(17)13(19)21-15(4,5)6/h10-11H,7-9,16-17H2,1-6H3/t10-,11?/m0/s1. The van der Waals surface area contributed by atoms with E-state index in [1.54, 1.807) is 41.5 Å². The molecule has 0 heterocycles. The summed E-state index contributed by atoms with van der Waals surface area (Å²) in [7, 11) is 0. The maximum atomic E-state index is 11.7. The van der Waals surface area contributed by atoms with Crippen molar-refractivity contribution in [3.8, 4) is 0 Å². The molecule has 124 valence electrons. The molecule has 2 atom stereocenters. The Kier molecular flexibility index (Phi) is 7.33. The summed E-state index contributed by atoms with van der Waals surface area (Å²) in [5.41, 5.74) is 10.4. The molecule has 0 radical (unpaired) electrons. The molecule has 0 aliphatic carbocycles. The van der Waals surface area contributed by atoms with Gasteiger partial charge in [-0.1, -0.05) is 0 Å². The van der Waals surface area contributed by atoms with Gasteiger partial charge in [0.25, 0.3) is 0 Å². The fourth-order valence-corrected chi connectivity index (χ4v) is 1.55. The topological polar surface area (TPSA) is 105 Å². The number of ether oxygens (including phenoxy) is 2. The molecule has 0 fully saturated rings. The minimum absolute atomic E-state index is 0.422. The van der Waals surface area contributed by atoms with Crippen LogP contribution >= 0.6 is 0 Å². The van der Waals surface area contributed by atoms with Crippen LogP contribution in [0.25, 0.3) is 0 Å². The molecular weight excluding hydrogens is 272 g/mol. The van der Waals surface area contributed by atoms with E-state index in [1.165, 1.54) is 0 Å². The van der Waals surface area contributed by atoms with Gasteiger partial charge in [-0.2, -0.15) is 0 Å². The summed E-state index contributed by atoms with van der Waals surface area (Å²) in [6.45, 7) is 10.7.